The molecule has 7 heteroatoms. The van der Waals surface area contributed by atoms with E-state index in [1.165, 1.54) is 12.4 Å². The molecular formula is C26H19F3N4. The van der Waals surface area contributed by atoms with Gasteiger partial charge in [-0.15, -0.1) is 0 Å². The summed E-state index contributed by atoms with van der Waals surface area (Å²) in [6, 6.07) is 22.8. The van der Waals surface area contributed by atoms with Crippen LogP contribution in [0.3, 0.4) is 0 Å². The molecule has 0 aliphatic carbocycles. The van der Waals surface area contributed by atoms with Gasteiger partial charge in [-0.2, -0.15) is 13.2 Å². The summed E-state index contributed by atoms with van der Waals surface area (Å²) in [4.78, 5) is 8.91. The van der Waals surface area contributed by atoms with Crippen LogP contribution < -0.4 is 5.32 Å². The highest BCUT2D eigenvalue weighted by atomic mass is 19.4. The summed E-state index contributed by atoms with van der Waals surface area (Å²) in [5.41, 5.74) is 3.86. The number of nitrogens with one attached hydrogen (secondary N) is 1. The molecule has 0 aliphatic heterocycles. The van der Waals surface area contributed by atoms with Gasteiger partial charge in [-0.1, -0.05) is 48.5 Å². The molecule has 4 nitrogen and oxygen atoms in total. The maximum atomic E-state index is 13.4. The van der Waals surface area contributed by atoms with Gasteiger partial charge < -0.3 is 9.88 Å². The molecule has 164 valence electrons. The minimum atomic E-state index is -4.44. The van der Waals surface area contributed by atoms with Crippen molar-refractivity contribution in [1.29, 1.82) is 0 Å². The zero-order valence-electron chi connectivity index (χ0n) is 17.6. The van der Waals surface area contributed by atoms with Gasteiger partial charge in [0.1, 0.15) is 12.1 Å². The van der Waals surface area contributed by atoms with E-state index >= 15 is 0 Å². The first-order valence-electron chi connectivity index (χ1n) is 10.3. The summed E-state index contributed by atoms with van der Waals surface area (Å²) in [6.45, 7) is 2.00. The molecule has 2 aromatic heterocycles. The third-order valence-electron chi connectivity index (χ3n) is 5.40. The van der Waals surface area contributed by atoms with Gasteiger partial charge in [0.05, 0.1) is 10.9 Å². The number of fused-ring (bicyclic) bond motifs is 1. The average molecular weight is 444 g/mol. The molecule has 0 saturated carbocycles. The summed E-state index contributed by atoms with van der Waals surface area (Å²) < 4.78 is 41.8. The van der Waals surface area contributed by atoms with E-state index in [4.69, 9.17) is 0 Å². The molecule has 33 heavy (non-hydrogen) atoms. The predicted octanol–water partition coefficient (Wildman–Crippen LogP) is 7.16. The van der Waals surface area contributed by atoms with Crippen molar-refractivity contribution in [1.82, 2.24) is 14.5 Å². The predicted molar refractivity (Wildman–Crippen MR) is 124 cm³/mol. The fraction of sp³-hybridized carbons (Fsp3) is 0.0769. The molecule has 0 bridgehead atoms. The Morgan fingerprint density at radius 3 is 2.39 bits per heavy atom. The van der Waals surface area contributed by atoms with Crippen molar-refractivity contribution >= 4 is 22.5 Å². The standard InChI is InChI=1S/C26H19F3N4/c1-17-7-5-11-20(13-17)32-24-23-22(18-8-3-2-4-9-18)15-33(25(23)31-16-30-24)21-12-6-10-19(14-21)26(27,28)29/h2-16H,1H3,(H,30,31,32). The zero-order chi connectivity index (χ0) is 23.0. The van der Waals surface area contributed by atoms with Crippen LogP contribution in [0.25, 0.3) is 27.8 Å². The number of alkyl halides is 3. The van der Waals surface area contributed by atoms with Gasteiger partial charge in [0.2, 0.25) is 0 Å². The van der Waals surface area contributed by atoms with Crippen LogP contribution in [0, 0.1) is 6.92 Å². The molecule has 0 spiro atoms. The van der Waals surface area contributed by atoms with Gasteiger partial charge in [0.25, 0.3) is 0 Å². The third-order valence-corrected chi connectivity index (χ3v) is 5.40. The van der Waals surface area contributed by atoms with Crippen molar-refractivity contribution in [2.45, 2.75) is 13.1 Å². The van der Waals surface area contributed by atoms with E-state index in [0.29, 0.717) is 17.2 Å². The SMILES string of the molecule is Cc1cccc(Nc2ncnc3c2c(-c2ccccc2)cn3-c2cccc(C(F)(F)F)c2)c1. The molecular weight excluding hydrogens is 425 g/mol. The molecule has 0 aliphatic rings. The maximum Gasteiger partial charge on any atom is 0.416 e. The molecule has 3 aromatic carbocycles. The molecule has 5 rings (SSSR count). The lowest BCUT2D eigenvalue weighted by Gasteiger charge is -2.11. The van der Waals surface area contributed by atoms with Crippen molar-refractivity contribution in [3.8, 4) is 16.8 Å². The van der Waals surface area contributed by atoms with Crippen molar-refractivity contribution in [2.75, 3.05) is 5.32 Å². The number of anilines is 2. The number of rotatable bonds is 4. The number of hydrogen-bond donors (Lipinski definition) is 1. The Hall–Kier alpha value is -4.13. The van der Waals surface area contributed by atoms with Crippen LogP contribution in [-0.4, -0.2) is 14.5 Å². The molecule has 0 saturated heterocycles. The number of aromatic nitrogens is 3. The third kappa shape index (κ3) is 4.05. The van der Waals surface area contributed by atoms with Crippen LogP contribution >= 0.6 is 0 Å². The average Bonchev–Trinajstić information content (AvgIpc) is 3.20. The summed E-state index contributed by atoms with van der Waals surface area (Å²) in [5.74, 6) is 0.579. The van der Waals surface area contributed by atoms with E-state index < -0.39 is 11.7 Å². The lowest BCUT2D eigenvalue weighted by Crippen LogP contribution is -2.06. The number of halogens is 3. The second-order valence-corrected chi connectivity index (χ2v) is 7.74. The highest BCUT2D eigenvalue weighted by molar-refractivity contribution is 6.03. The van der Waals surface area contributed by atoms with Gasteiger partial charge in [0, 0.05) is 23.1 Å². The Morgan fingerprint density at radius 2 is 1.64 bits per heavy atom. The lowest BCUT2D eigenvalue weighted by atomic mass is 10.1. The number of aryl methyl sites for hydroxylation is 1. The van der Waals surface area contributed by atoms with Crippen LogP contribution in [0.15, 0.2) is 91.4 Å². The highest BCUT2D eigenvalue weighted by Crippen LogP contribution is 2.37. The number of benzene rings is 3. The first-order valence-corrected chi connectivity index (χ1v) is 10.3. The van der Waals surface area contributed by atoms with Gasteiger partial charge in [-0.25, -0.2) is 9.97 Å². The molecule has 0 atom stereocenters. The second kappa shape index (κ2) is 8.09. The summed E-state index contributed by atoms with van der Waals surface area (Å²) >= 11 is 0. The largest absolute Gasteiger partial charge is 0.416 e. The fourth-order valence-electron chi connectivity index (χ4n) is 3.88. The van der Waals surface area contributed by atoms with E-state index in [1.807, 2.05) is 67.7 Å². The number of hydrogen-bond acceptors (Lipinski definition) is 3. The Morgan fingerprint density at radius 1 is 0.848 bits per heavy atom. The van der Waals surface area contributed by atoms with Crippen molar-refractivity contribution in [3.05, 3.63) is 103 Å². The van der Waals surface area contributed by atoms with Gasteiger partial charge in [-0.3, -0.25) is 0 Å². The Kier molecular flexibility index (Phi) is 5.09. The molecule has 2 heterocycles. The maximum absolute atomic E-state index is 13.4. The number of nitrogens with zero attached hydrogens (tertiary/aromatic N) is 3. The van der Waals surface area contributed by atoms with E-state index in [2.05, 4.69) is 15.3 Å². The molecule has 1 N–H and O–H groups in total. The van der Waals surface area contributed by atoms with Gasteiger partial charge in [0.15, 0.2) is 5.65 Å². The smallest absolute Gasteiger partial charge is 0.340 e. The van der Waals surface area contributed by atoms with E-state index in [9.17, 15) is 13.2 Å². The minimum Gasteiger partial charge on any atom is -0.340 e. The van der Waals surface area contributed by atoms with Crippen LogP contribution in [0.2, 0.25) is 0 Å². The second-order valence-electron chi connectivity index (χ2n) is 7.74. The molecule has 0 fully saturated rings. The van der Waals surface area contributed by atoms with Crippen LogP contribution in [0.5, 0.6) is 0 Å². The molecule has 0 amide bonds. The van der Waals surface area contributed by atoms with E-state index in [0.717, 1.165) is 39.9 Å². The summed E-state index contributed by atoms with van der Waals surface area (Å²) in [6.07, 6.45) is -1.21. The van der Waals surface area contributed by atoms with E-state index in [-0.39, 0.29) is 0 Å². The van der Waals surface area contributed by atoms with Crippen molar-refractivity contribution in [2.24, 2.45) is 0 Å². The van der Waals surface area contributed by atoms with Crippen LogP contribution in [0.1, 0.15) is 11.1 Å². The Balaban J connectivity index is 1.74. The zero-order valence-corrected chi connectivity index (χ0v) is 17.6. The topological polar surface area (TPSA) is 42.7 Å². The van der Waals surface area contributed by atoms with Crippen LogP contribution in [-0.2, 0) is 6.18 Å². The monoisotopic (exact) mass is 444 g/mol. The highest BCUT2D eigenvalue weighted by Gasteiger charge is 2.30. The first kappa shape index (κ1) is 20.8. The van der Waals surface area contributed by atoms with Gasteiger partial charge >= 0.3 is 6.18 Å². The molecule has 0 radical (unpaired) electrons. The lowest BCUT2D eigenvalue weighted by molar-refractivity contribution is -0.137. The minimum absolute atomic E-state index is 0.372. The van der Waals surface area contributed by atoms with Gasteiger partial charge in [-0.05, 0) is 48.4 Å². The first-order chi connectivity index (χ1) is 15.9. The quantitative estimate of drug-likeness (QED) is 0.320. The van der Waals surface area contributed by atoms with E-state index in [1.54, 1.807) is 10.6 Å². The Labute approximate surface area is 188 Å². The normalized spacial score (nSPS) is 11.6. The molecule has 5 aromatic rings. The summed E-state index contributed by atoms with van der Waals surface area (Å²) in [7, 11) is 0. The summed E-state index contributed by atoms with van der Waals surface area (Å²) in [5, 5.41) is 4.08. The fourth-order valence-corrected chi connectivity index (χ4v) is 3.88. The Bertz CT molecular complexity index is 1440. The van der Waals surface area contributed by atoms with Crippen LogP contribution in [0.4, 0.5) is 24.7 Å². The molecule has 0 unspecified atom stereocenters. The van der Waals surface area contributed by atoms with Crippen molar-refractivity contribution in [3.63, 3.8) is 0 Å². The van der Waals surface area contributed by atoms with Crippen molar-refractivity contribution < 1.29 is 13.2 Å².